The standard InChI is InChI=1S/C6H6O3/c1-3-5-9-6(7)8-4-2/h2-3H,1,5H2. The Morgan fingerprint density at radius 2 is 2.56 bits per heavy atom. The topological polar surface area (TPSA) is 35.5 Å². The van der Waals surface area contributed by atoms with Gasteiger partial charge in [-0.05, 0) is 0 Å². The Kier molecular flexibility index (Phi) is 3.97. The predicted octanol–water partition coefficient (Wildman–Crippen LogP) is 0.916. The first-order valence-corrected chi connectivity index (χ1v) is 2.21. The minimum absolute atomic E-state index is 0.112. The first-order valence-electron chi connectivity index (χ1n) is 2.21. The van der Waals surface area contributed by atoms with Crippen LogP contribution in [-0.2, 0) is 9.47 Å². The van der Waals surface area contributed by atoms with Crippen molar-refractivity contribution in [3.05, 3.63) is 12.7 Å². The molecular weight excluding hydrogens is 120 g/mol. The molecule has 0 fully saturated rings. The highest BCUT2D eigenvalue weighted by molar-refractivity contribution is 5.61. The molecule has 0 spiro atoms. The van der Waals surface area contributed by atoms with E-state index in [1.807, 2.05) is 0 Å². The van der Waals surface area contributed by atoms with Gasteiger partial charge < -0.3 is 9.47 Å². The van der Waals surface area contributed by atoms with Crippen LogP contribution >= 0.6 is 0 Å². The summed E-state index contributed by atoms with van der Waals surface area (Å²) in [6, 6.07) is 0. The number of carbonyl (C=O) groups is 1. The van der Waals surface area contributed by atoms with E-state index in [0.29, 0.717) is 0 Å². The summed E-state index contributed by atoms with van der Waals surface area (Å²) >= 11 is 0. The van der Waals surface area contributed by atoms with Crippen molar-refractivity contribution < 1.29 is 14.3 Å². The van der Waals surface area contributed by atoms with Gasteiger partial charge in [0.05, 0.1) is 0 Å². The third-order valence-electron chi connectivity index (χ3n) is 0.461. The second-order valence-corrected chi connectivity index (χ2v) is 1.07. The fraction of sp³-hybridized carbons (Fsp3) is 0.167. The highest BCUT2D eigenvalue weighted by Gasteiger charge is 1.96. The van der Waals surface area contributed by atoms with Gasteiger partial charge in [0.15, 0.2) is 0 Å². The molecule has 0 heterocycles. The van der Waals surface area contributed by atoms with Gasteiger partial charge in [0, 0.05) is 0 Å². The Balaban J connectivity index is 3.29. The second kappa shape index (κ2) is 4.72. The molecule has 0 aliphatic rings. The van der Waals surface area contributed by atoms with Gasteiger partial charge in [0.25, 0.3) is 0 Å². The maximum Gasteiger partial charge on any atom is 0.522 e. The Bertz CT molecular complexity index is 143. The Morgan fingerprint density at radius 3 is 3.00 bits per heavy atom. The zero-order valence-electron chi connectivity index (χ0n) is 4.79. The molecule has 0 radical (unpaired) electrons. The largest absolute Gasteiger partial charge is 0.522 e. The van der Waals surface area contributed by atoms with Gasteiger partial charge in [-0.25, -0.2) is 4.79 Å². The zero-order valence-corrected chi connectivity index (χ0v) is 4.79. The molecule has 0 aliphatic heterocycles. The quantitative estimate of drug-likeness (QED) is 0.313. The molecule has 0 bridgehead atoms. The van der Waals surface area contributed by atoms with Crippen LogP contribution in [0.1, 0.15) is 0 Å². The normalized spacial score (nSPS) is 7.00. The van der Waals surface area contributed by atoms with Crippen molar-refractivity contribution in [2.45, 2.75) is 0 Å². The zero-order chi connectivity index (χ0) is 7.11. The summed E-state index contributed by atoms with van der Waals surface area (Å²) in [4.78, 5) is 10.2. The molecule has 0 amide bonds. The van der Waals surface area contributed by atoms with E-state index in [-0.39, 0.29) is 6.61 Å². The van der Waals surface area contributed by atoms with Crippen molar-refractivity contribution in [3.8, 4) is 12.5 Å². The molecule has 0 N–H and O–H groups in total. The van der Waals surface area contributed by atoms with Crippen molar-refractivity contribution in [1.82, 2.24) is 0 Å². The molecule has 0 unspecified atom stereocenters. The summed E-state index contributed by atoms with van der Waals surface area (Å²) in [5, 5.41) is 0. The van der Waals surface area contributed by atoms with Crippen LogP contribution in [-0.4, -0.2) is 12.8 Å². The summed E-state index contributed by atoms with van der Waals surface area (Å²) in [5.41, 5.74) is 0. The Labute approximate surface area is 53.3 Å². The molecule has 0 rings (SSSR count). The molecule has 0 aromatic carbocycles. The highest BCUT2D eigenvalue weighted by atomic mass is 16.7. The molecule has 0 atom stereocenters. The fourth-order valence-corrected chi connectivity index (χ4v) is 0.205. The van der Waals surface area contributed by atoms with Crippen molar-refractivity contribution in [1.29, 1.82) is 0 Å². The van der Waals surface area contributed by atoms with Crippen LogP contribution in [0.25, 0.3) is 0 Å². The average molecular weight is 126 g/mol. The molecule has 0 aliphatic carbocycles. The van der Waals surface area contributed by atoms with Gasteiger partial charge in [-0.3, -0.25) is 0 Å². The number of ether oxygens (including phenoxy) is 2. The molecule has 3 heteroatoms. The summed E-state index contributed by atoms with van der Waals surface area (Å²) in [5.74, 6) is 0. The molecule has 9 heavy (non-hydrogen) atoms. The van der Waals surface area contributed by atoms with Crippen LogP contribution < -0.4 is 0 Å². The predicted molar refractivity (Wildman–Crippen MR) is 31.5 cm³/mol. The van der Waals surface area contributed by atoms with Crippen LogP contribution in [0, 0.1) is 12.5 Å². The van der Waals surface area contributed by atoms with Gasteiger partial charge in [-0.1, -0.05) is 19.1 Å². The van der Waals surface area contributed by atoms with Crippen molar-refractivity contribution in [3.63, 3.8) is 0 Å². The third-order valence-corrected chi connectivity index (χ3v) is 0.461. The van der Waals surface area contributed by atoms with E-state index < -0.39 is 6.16 Å². The Hall–Kier alpha value is -1.43. The highest BCUT2D eigenvalue weighted by Crippen LogP contribution is 1.81. The minimum Gasteiger partial charge on any atom is -0.429 e. The van der Waals surface area contributed by atoms with E-state index in [0.717, 1.165) is 0 Å². The minimum atomic E-state index is -0.877. The fourth-order valence-electron chi connectivity index (χ4n) is 0.205. The number of rotatable bonds is 2. The molecule has 3 nitrogen and oxygen atoms in total. The molecule has 0 saturated heterocycles. The lowest BCUT2D eigenvalue weighted by Crippen LogP contribution is -2.02. The SMILES string of the molecule is C#COC(=O)OCC=C. The first-order chi connectivity index (χ1) is 4.31. The number of terminal acetylenes is 1. The monoisotopic (exact) mass is 126 g/mol. The van der Waals surface area contributed by atoms with Gasteiger partial charge in [0.1, 0.15) is 12.7 Å². The number of hydrogen-bond acceptors (Lipinski definition) is 3. The van der Waals surface area contributed by atoms with E-state index in [1.165, 1.54) is 6.08 Å². The van der Waals surface area contributed by atoms with Gasteiger partial charge >= 0.3 is 6.16 Å². The summed E-state index contributed by atoms with van der Waals surface area (Å²) in [7, 11) is 0. The van der Waals surface area contributed by atoms with Crippen LogP contribution in [0.3, 0.4) is 0 Å². The van der Waals surface area contributed by atoms with Crippen molar-refractivity contribution >= 4 is 6.16 Å². The van der Waals surface area contributed by atoms with Crippen LogP contribution in [0.2, 0.25) is 0 Å². The number of hydrogen-bond donors (Lipinski definition) is 0. The molecule has 48 valence electrons. The lowest BCUT2D eigenvalue weighted by Gasteiger charge is -1.94. The maximum absolute atomic E-state index is 10.2. The Morgan fingerprint density at radius 1 is 1.89 bits per heavy atom. The average Bonchev–Trinajstić information content (AvgIpc) is 1.85. The van der Waals surface area contributed by atoms with Gasteiger partial charge in [0.2, 0.25) is 0 Å². The van der Waals surface area contributed by atoms with E-state index >= 15 is 0 Å². The first kappa shape index (κ1) is 7.57. The van der Waals surface area contributed by atoms with Gasteiger partial charge in [-0.15, -0.1) is 0 Å². The second-order valence-electron chi connectivity index (χ2n) is 1.07. The van der Waals surface area contributed by atoms with Gasteiger partial charge in [-0.2, -0.15) is 0 Å². The lowest BCUT2D eigenvalue weighted by atomic mass is 10.7. The molecular formula is C6H6O3. The van der Waals surface area contributed by atoms with Crippen LogP contribution in [0.5, 0.6) is 0 Å². The van der Waals surface area contributed by atoms with E-state index in [1.54, 1.807) is 6.11 Å². The van der Waals surface area contributed by atoms with Crippen molar-refractivity contribution in [2.75, 3.05) is 6.61 Å². The maximum atomic E-state index is 10.2. The van der Waals surface area contributed by atoms with E-state index in [2.05, 4.69) is 22.5 Å². The van der Waals surface area contributed by atoms with E-state index in [9.17, 15) is 4.79 Å². The van der Waals surface area contributed by atoms with Crippen molar-refractivity contribution in [2.24, 2.45) is 0 Å². The summed E-state index contributed by atoms with van der Waals surface area (Å²) in [6.45, 7) is 3.42. The van der Waals surface area contributed by atoms with Crippen LogP contribution in [0.4, 0.5) is 4.79 Å². The smallest absolute Gasteiger partial charge is 0.429 e. The molecule has 0 saturated carbocycles. The molecule has 0 aromatic heterocycles. The summed E-state index contributed by atoms with van der Waals surface area (Å²) in [6.07, 6.45) is 6.81. The molecule has 0 aromatic rings. The van der Waals surface area contributed by atoms with E-state index in [4.69, 9.17) is 0 Å². The number of carbonyl (C=O) groups excluding carboxylic acids is 1. The lowest BCUT2D eigenvalue weighted by molar-refractivity contribution is 0.100. The summed E-state index contributed by atoms with van der Waals surface area (Å²) < 4.78 is 8.27. The third kappa shape index (κ3) is 4.42. The van der Waals surface area contributed by atoms with Crippen LogP contribution in [0.15, 0.2) is 12.7 Å².